The van der Waals surface area contributed by atoms with Crippen molar-refractivity contribution in [2.24, 2.45) is 0 Å². The molecule has 0 aliphatic heterocycles. The molecule has 148 valence electrons. The first-order chi connectivity index (χ1) is 13.6. The van der Waals surface area contributed by atoms with Crippen molar-refractivity contribution in [3.8, 4) is 11.4 Å². The summed E-state index contributed by atoms with van der Waals surface area (Å²) in [5, 5.41) is 6.03. The van der Waals surface area contributed by atoms with Gasteiger partial charge in [0.25, 0.3) is 5.91 Å². The molecule has 8 nitrogen and oxygen atoms in total. The average Bonchev–Trinajstić information content (AvgIpc) is 3.13. The van der Waals surface area contributed by atoms with Crippen LogP contribution in [0.3, 0.4) is 0 Å². The second-order valence-corrected chi connectivity index (χ2v) is 6.93. The molecule has 8 heteroatoms. The molecule has 0 spiro atoms. The average molecular weight is 383 g/mol. The molecular weight excluding hydrogens is 358 g/mol. The molecule has 1 aliphatic rings. The quantitative estimate of drug-likeness (QED) is 0.753. The highest BCUT2D eigenvalue weighted by molar-refractivity contribution is 5.95. The number of pyridine rings is 1. The Kier molecular flexibility index (Phi) is 6.65. The van der Waals surface area contributed by atoms with Crippen molar-refractivity contribution >= 4 is 11.8 Å². The van der Waals surface area contributed by atoms with Crippen molar-refractivity contribution in [3.63, 3.8) is 0 Å². The second kappa shape index (κ2) is 9.36. The maximum Gasteiger partial charge on any atom is 0.254 e. The maximum atomic E-state index is 12.6. The van der Waals surface area contributed by atoms with Crippen LogP contribution in [0.4, 0.5) is 0 Å². The minimum Gasteiger partial charge on any atom is -0.384 e. The van der Waals surface area contributed by atoms with Crippen molar-refractivity contribution in [3.05, 3.63) is 42.0 Å². The molecule has 1 aliphatic carbocycles. The lowest BCUT2D eigenvalue weighted by Crippen LogP contribution is -2.37. The lowest BCUT2D eigenvalue weighted by Gasteiger charge is -2.15. The summed E-state index contributed by atoms with van der Waals surface area (Å²) in [6.07, 6.45) is 7.68. The normalized spacial score (nSPS) is 18.6. The fourth-order valence-electron chi connectivity index (χ4n) is 3.33. The van der Waals surface area contributed by atoms with Gasteiger partial charge >= 0.3 is 0 Å². The lowest BCUT2D eigenvalue weighted by molar-refractivity contribution is -0.122. The minimum atomic E-state index is -0.188. The van der Waals surface area contributed by atoms with Crippen LogP contribution >= 0.6 is 0 Å². The molecule has 0 aromatic carbocycles. The third kappa shape index (κ3) is 5.10. The Morgan fingerprint density at radius 2 is 2.00 bits per heavy atom. The van der Waals surface area contributed by atoms with Gasteiger partial charge in [-0.2, -0.15) is 0 Å². The topological polar surface area (TPSA) is 106 Å². The summed E-state index contributed by atoms with van der Waals surface area (Å²) in [6.45, 7) is 2.21. The van der Waals surface area contributed by atoms with Gasteiger partial charge in [-0.15, -0.1) is 0 Å². The van der Waals surface area contributed by atoms with Gasteiger partial charge < -0.3 is 15.4 Å². The molecule has 3 rings (SSSR count). The van der Waals surface area contributed by atoms with Crippen LogP contribution in [0.25, 0.3) is 11.4 Å². The molecule has 2 atom stereocenters. The Morgan fingerprint density at radius 1 is 1.21 bits per heavy atom. The van der Waals surface area contributed by atoms with Gasteiger partial charge in [-0.05, 0) is 38.3 Å². The van der Waals surface area contributed by atoms with E-state index in [1.54, 1.807) is 32.6 Å². The van der Waals surface area contributed by atoms with E-state index in [4.69, 9.17) is 4.74 Å². The Hall–Kier alpha value is -2.87. The number of carbonyl (C=O) groups is 2. The van der Waals surface area contributed by atoms with Crippen LogP contribution in [-0.4, -0.2) is 52.6 Å². The van der Waals surface area contributed by atoms with E-state index in [-0.39, 0.29) is 23.9 Å². The molecule has 2 amide bonds. The maximum absolute atomic E-state index is 12.6. The van der Waals surface area contributed by atoms with Gasteiger partial charge in [0.05, 0.1) is 17.9 Å². The number of nitrogens with one attached hydrogen (secondary N) is 2. The molecule has 2 N–H and O–H groups in total. The second-order valence-electron chi connectivity index (χ2n) is 6.93. The predicted octanol–water partition coefficient (Wildman–Crippen LogP) is 1.65. The van der Waals surface area contributed by atoms with E-state index in [2.05, 4.69) is 25.6 Å². The summed E-state index contributed by atoms with van der Waals surface area (Å²) in [4.78, 5) is 37.2. The molecule has 2 aromatic rings. The smallest absolute Gasteiger partial charge is 0.254 e. The zero-order chi connectivity index (χ0) is 19.9. The van der Waals surface area contributed by atoms with Crippen molar-refractivity contribution in [1.82, 2.24) is 25.6 Å². The van der Waals surface area contributed by atoms with Crippen LogP contribution < -0.4 is 10.6 Å². The van der Waals surface area contributed by atoms with Gasteiger partial charge in [-0.1, -0.05) is 0 Å². The van der Waals surface area contributed by atoms with Gasteiger partial charge in [0, 0.05) is 49.8 Å². The van der Waals surface area contributed by atoms with Crippen molar-refractivity contribution < 1.29 is 14.3 Å². The van der Waals surface area contributed by atoms with Gasteiger partial charge in [0.1, 0.15) is 0 Å². The number of rotatable bonds is 7. The van der Waals surface area contributed by atoms with Crippen LogP contribution in [0.2, 0.25) is 0 Å². The Labute approximate surface area is 164 Å². The molecule has 2 heterocycles. The van der Waals surface area contributed by atoms with Crippen LogP contribution in [0, 0.1) is 6.92 Å². The summed E-state index contributed by atoms with van der Waals surface area (Å²) in [6, 6.07) is 3.80. The van der Waals surface area contributed by atoms with Crippen molar-refractivity contribution in [2.75, 3.05) is 13.7 Å². The lowest BCUT2D eigenvalue weighted by atomic mass is 10.1. The number of hydrogen-bond donors (Lipinski definition) is 2. The van der Waals surface area contributed by atoms with E-state index < -0.39 is 0 Å². The number of nitrogens with zero attached hydrogens (tertiary/aromatic N) is 3. The van der Waals surface area contributed by atoms with Crippen LogP contribution in [0.5, 0.6) is 0 Å². The summed E-state index contributed by atoms with van der Waals surface area (Å²) >= 11 is 0. The van der Waals surface area contributed by atoms with E-state index in [1.165, 1.54) is 0 Å². The van der Waals surface area contributed by atoms with Gasteiger partial charge in [-0.25, -0.2) is 9.97 Å². The van der Waals surface area contributed by atoms with E-state index in [0.717, 1.165) is 24.8 Å². The SMILES string of the molecule is COCCC(=O)N[C@H]1CC[C@@H](NC(=O)c2cnc(-c3cccnc3)nc2C)C1. The minimum absolute atomic E-state index is 0.0194. The highest BCUT2D eigenvalue weighted by Crippen LogP contribution is 2.20. The van der Waals surface area contributed by atoms with Gasteiger partial charge in [0.15, 0.2) is 5.82 Å². The monoisotopic (exact) mass is 383 g/mol. The number of methoxy groups -OCH3 is 1. The van der Waals surface area contributed by atoms with Crippen LogP contribution in [-0.2, 0) is 9.53 Å². The molecule has 1 fully saturated rings. The fraction of sp³-hybridized carbons (Fsp3) is 0.450. The van der Waals surface area contributed by atoms with Gasteiger partial charge in [0.2, 0.25) is 5.91 Å². The molecule has 0 radical (unpaired) electrons. The predicted molar refractivity (Wildman–Crippen MR) is 104 cm³/mol. The van der Waals surface area contributed by atoms with E-state index in [9.17, 15) is 9.59 Å². The number of ether oxygens (including phenoxy) is 1. The molecule has 28 heavy (non-hydrogen) atoms. The first kappa shape index (κ1) is 19.9. The zero-order valence-corrected chi connectivity index (χ0v) is 16.1. The third-order valence-electron chi connectivity index (χ3n) is 4.81. The van der Waals surface area contributed by atoms with E-state index in [0.29, 0.717) is 30.1 Å². The molecule has 2 aromatic heterocycles. The first-order valence-corrected chi connectivity index (χ1v) is 9.40. The van der Waals surface area contributed by atoms with Crippen molar-refractivity contribution in [1.29, 1.82) is 0 Å². The van der Waals surface area contributed by atoms with Crippen LogP contribution in [0.1, 0.15) is 41.7 Å². The number of hydrogen-bond acceptors (Lipinski definition) is 6. The molecule has 1 saturated carbocycles. The Balaban J connectivity index is 1.56. The summed E-state index contributed by atoms with van der Waals surface area (Å²) in [7, 11) is 1.57. The molecule has 0 unspecified atom stereocenters. The Bertz CT molecular complexity index is 828. The van der Waals surface area contributed by atoms with Crippen LogP contribution in [0.15, 0.2) is 30.7 Å². The largest absolute Gasteiger partial charge is 0.384 e. The Morgan fingerprint density at radius 3 is 2.68 bits per heavy atom. The molecule has 0 saturated heterocycles. The zero-order valence-electron chi connectivity index (χ0n) is 16.1. The molecular formula is C20H25N5O3. The highest BCUT2D eigenvalue weighted by atomic mass is 16.5. The first-order valence-electron chi connectivity index (χ1n) is 9.40. The fourth-order valence-corrected chi connectivity index (χ4v) is 3.33. The number of amides is 2. The number of aryl methyl sites for hydroxylation is 1. The number of aromatic nitrogens is 3. The standard InChI is InChI=1S/C20H25N5O3/c1-13-17(12-22-19(23-13)14-4-3-8-21-11-14)20(27)25-16-6-5-15(10-16)24-18(26)7-9-28-2/h3-4,8,11-12,15-16H,5-7,9-10H2,1-2H3,(H,24,26)(H,25,27)/t15-,16+/m0/s1. The van der Waals surface area contributed by atoms with E-state index >= 15 is 0 Å². The van der Waals surface area contributed by atoms with E-state index in [1.807, 2.05) is 12.1 Å². The number of carbonyl (C=O) groups excluding carboxylic acids is 2. The van der Waals surface area contributed by atoms with Gasteiger partial charge in [-0.3, -0.25) is 14.6 Å². The summed E-state index contributed by atoms with van der Waals surface area (Å²) < 4.78 is 4.91. The third-order valence-corrected chi connectivity index (χ3v) is 4.81. The molecule has 0 bridgehead atoms. The summed E-state index contributed by atoms with van der Waals surface area (Å²) in [5.74, 6) is 0.336. The highest BCUT2D eigenvalue weighted by Gasteiger charge is 2.27. The van der Waals surface area contributed by atoms with Crippen molar-refractivity contribution in [2.45, 2.75) is 44.7 Å². The summed E-state index contributed by atoms with van der Waals surface area (Å²) in [5.41, 5.74) is 1.88.